The van der Waals surface area contributed by atoms with E-state index >= 15 is 0 Å². The average molecular weight is 261 g/mol. The van der Waals surface area contributed by atoms with Gasteiger partial charge in [0.15, 0.2) is 0 Å². The first-order valence-electron chi connectivity index (χ1n) is 2.77. The first-order chi connectivity index (χ1) is 3.95. The molecular formula is C5H13Br2N2+. The molecule has 56 valence electrons. The summed E-state index contributed by atoms with van der Waals surface area (Å²) in [7, 11) is 3.94. The van der Waals surface area contributed by atoms with E-state index in [-0.39, 0.29) is 0 Å². The van der Waals surface area contributed by atoms with Crippen LogP contribution in [0.3, 0.4) is 0 Å². The summed E-state index contributed by atoms with van der Waals surface area (Å²) in [5.74, 6) is 5.70. The topological polar surface area (TPSA) is 26.0 Å². The van der Waals surface area contributed by atoms with Crippen LogP contribution in [0.2, 0.25) is 0 Å². The van der Waals surface area contributed by atoms with E-state index < -0.39 is 0 Å². The minimum Gasteiger partial charge on any atom is -0.252 e. The molecule has 2 nitrogen and oxygen atoms in total. The lowest BCUT2D eigenvalue weighted by Crippen LogP contribution is -2.50. The SMILES string of the molecule is C[N+](C)(N)CC(Br)CBr. The predicted octanol–water partition coefficient (Wildman–Crippen LogP) is 1.09. The Kier molecular flexibility index (Phi) is 4.29. The highest BCUT2D eigenvalue weighted by Crippen LogP contribution is 2.05. The number of alkyl halides is 2. The molecule has 4 heteroatoms. The van der Waals surface area contributed by atoms with Crippen LogP contribution in [0, 0.1) is 0 Å². The smallest absolute Gasteiger partial charge is 0.109 e. The van der Waals surface area contributed by atoms with E-state index in [0.717, 1.165) is 11.9 Å². The Morgan fingerprint density at radius 1 is 1.56 bits per heavy atom. The second-order valence-corrected chi connectivity index (χ2v) is 4.66. The summed E-state index contributed by atoms with van der Waals surface area (Å²) >= 11 is 6.83. The molecule has 2 N–H and O–H groups in total. The molecule has 0 heterocycles. The Bertz CT molecular complexity index is 79.5. The molecule has 0 bridgehead atoms. The van der Waals surface area contributed by atoms with Gasteiger partial charge in [0.25, 0.3) is 0 Å². The molecule has 0 fully saturated rings. The molecule has 0 radical (unpaired) electrons. The van der Waals surface area contributed by atoms with E-state index in [2.05, 4.69) is 31.9 Å². The van der Waals surface area contributed by atoms with E-state index in [9.17, 15) is 0 Å². The Morgan fingerprint density at radius 2 is 2.00 bits per heavy atom. The molecule has 0 aliphatic heterocycles. The molecule has 1 atom stereocenters. The van der Waals surface area contributed by atoms with Gasteiger partial charge in [0.05, 0.1) is 18.9 Å². The summed E-state index contributed by atoms with van der Waals surface area (Å²) < 4.78 is 0.515. The number of rotatable bonds is 3. The zero-order valence-corrected chi connectivity index (χ0v) is 8.94. The summed E-state index contributed by atoms with van der Waals surface area (Å²) in [5, 5.41) is 0.950. The minimum atomic E-state index is 0.470. The maximum atomic E-state index is 5.70. The number of hydrogen-bond donors (Lipinski definition) is 1. The fourth-order valence-electron chi connectivity index (χ4n) is 0.559. The van der Waals surface area contributed by atoms with Gasteiger partial charge in [-0.2, -0.15) is 5.84 Å². The van der Waals surface area contributed by atoms with Crippen LogP contribution in [-0.4, -0.2) is 35.4 Å². The summed E-state index contributed by atoms with van der Waals surface area (Å²) in [6.07, 6.45) is 0. The quantitative estimate of drug-likeness (QED) is 0.350. The van der Waals surface area contributed by atoms with Gasteiger partial charge in [0.1, 0.15) is 6.54 Å². The lowest BCUT2D eigenvalue weighted by Gasteiger charge is -2.24. The third kappa shape index (κ3) is 6.77. The highest BCUT2D eigenvalue weighted by molar-refractivity contribution is 9.12. The van der Waals surface area contributed by atoms with Crippen molar-refractivity contribution >= 4 is 31.9 Å². The van der Waals surface area contributed by atoms with Crippen LogP contribution in [0.1, 0.15) is 0 Å². The fraction of sp³-hybridized carbons (Fsp3) is 1.00. The molecular weight excluding hydrogens is 248 g/mol. The molecule has 0 saturated heterocycles. The van der Waals surface area contributed by atoms with Crippen LogP contribution in [0.25, 0.3) is 0 Å². The van der Waals surface area contributed by atoms with Crippen LogP contribution >= 0.6 is 31.9 Å². The lowest BCUT2D eigenvalue weighted by molar-refractivity contribution is -0.901. The second-order valence-electron chi connectivity index (χ2n) is 2.71. The maximum absolute atomic E-state index is 5.70. The first kappa shape index (κ1) is 9.88. The monoisotopic (exact) mass is 259 g/mol. The third-order valence-electron chi connectivity index (χ3n) is 0.836. The minimum absolute atomic E-state index is 0.470. The van der Waals surface area contributed by atoms with Gasteiger partial charge in [-0.25, -0.2) is 0 Å². The largest absolute Gasteiger partial charge is 0.252 e. The molecule has 1 unspecified atom stereocenters. The molecule has 0 rings (SSSR count). The van der Waals surface area contributed by atoms with Crippen molar-refractivity contribution in [1.82, 2.24) is 0 Å². The molecule has 0 amide bonds. The summed E-state index contributed by atoms with van der Waals surface area (Å²) in [4.78, 5) is 0.470. The van der Waals surface area contributed by atoms with Gasteiger partial charge in [-0.15, -0.1) is 0 Å². The van der Waals surface area contributed by atoms with Gasteiger partial charge in [-0.3, -0.25) is 4.59 Å². The summed E-state index contributed by atoms with van der Waals surface area (Å²) in [6, 6.07) is 0. The number of nitrogens with zero attached hydrogens (tertiary/aromatic N) is 1. The van der Waals surface area contributed by atoms with Gasteiger partial charge in [-0.1, -0.05) is 31.9 Å². The standard InChI is InChI=1S/C5H13Br2N2/c1-9(2,8)4-5(7)3-6/h5H,3-4,8H2,1-2H3/q+1. The Morgan fingerprint density at radius 3 is 2.11 bits per heavy atom. The molecule has 0 aliphatic carbocycles. The molecule has 0 aromatic rings. The normalized spacial score (nSPS) is 15.7. The first-order valence-corrected chi connectivity index (χ1v) is 4.81. The van der Waals surface area contributed by atoms with E-state index in [1.54, 1.807) is 0 Å². The number of halogens is 2. The van der Waals surface area contributed by atoms with Crippen LogP contribution in [0.5, 0.6) is 0 Å². The molecule has 0 saturated carbocycles. The third-order valence-corrected chi connectivity index (χ3v) is 3.10. The van der Waals surface area contributed by atoms with Crippen molar-refractivity contribution in [1.29, 1.82) is 0 Å². The van der Waals surface area contributed by atoms with Crippen LogP contribution in [0.4, 0.5) is 0 Å². The molecule has 0 aliphatic rings. The highest BCUT2D eigenvalue weighted by atomic mass is 79.9. The predicted molar refractivity (Wildman–Crippen MR) is 47.7 cm³/mol. The van der Waals surface area contributed by atoms with Crippen molar-refractivity contribution in [2.45, 2.75) is 4.83 Å². The highest BCUT2D eigenvalue weighted by Gasteiger charge is 2.14. The van der Waals surface area contributed by atoms with Crippen molar-refractivity contribution in [3.8, 4) is 0 Å². The second kappa shape index (κ2) is 3.91. The summed E-state index contributed by atoms with van der Waals surface area (Å²) in [5.41, 5.74) is 0. The molecule has 0 aromatic heterocycles. The Hall–Kier alpha value is 0.880. The number of quaternary nitrogens is 1. The summed E-state index contributed by atoms with van der Waals surface area (Å²) in [6.45, 7) is 0.936. The van der Waals surface area contributed by atoms with Gasteiger partial charge < -0.3 is 0 Å². The van der Waals surface area contributed by atoms with E-state index in [1.165, 1.54) is 0 Å². The fourth-order valence-corrected chi connectivity index (χ4v) is 1.51. The zero-order chi connectivity index (χ0) is 7.49. The Balaban J connectivity index is 3.47. The zero-order valence-electron chi connectivity index (χ0n) is 5.77. The van der Waals surface area contributed by atoms with Crippen LogP contribution in [0.15, 0.2) is 0 Å². The maximum Gasteiger partial charge on any atom is 0.109 e. The lowest BCUT2D eigenvalue weighted by atomic mass is 10.4. The molecule has 0 aromatic carbocycles. The van der Waals surface area contributed by atoms with Gasteiger partial charge in [0.2, 0.25) is 0 Å². The van der Waals surface area contributed by atoms with E-state index in [4.69, 9.17) is 5.84 Å². The van der Waals surface area contributed by atoms with Crippen molar-refractivity contribution in [3.63, 3.8) is 0 Å². The molecule has 9 heavy (non-hydrogen) atoms. The molecule has 0 spiro atoms. The van der Waals surface area contributed by atoms with Crippen molar-refractivity contribution in [3.05, 3.63) is 0 Å². The number of nitrogens with two attached hydrogens (primary N) is 1. The van der Waals surface area contributed by atoms with Crippen molar-refractivity contribution in [2.75, 3.05) is 26.0 Å². The Labute approximate surface area is 73.2 Å². The van der Waals surface area contributed by atoms with Crippen molar-refractivity contribution < 1.29 is 4.59 Å². The van der Waals surface area contributed by atoms with Crippen LogP contribution < -0.4 is 5.84 Å². The van der Waals surface area contributed by atoms with E-state index in [0.29, 0.717) is 9.42 Å². The average Bonchev–Trinajstić information content (AvgIpc) is 1.62. The number of hydrogen-bond acceptors (Lipinski definition) is 1. The van der Waals surface area contributed by atoms with Gasteiger partial charge in [-0.05, 0) is 0 Å². The van der Waals surface area contributed by atoms with E-state index in [1.807, 2.05) is 14.1 Å². The van der Waals surface area contributed by atoms with Gasteiger partial charge in [0, 0.05) is 5.33 Å². The van der Waals surface area contributed by atoms with Crippen molar-refractivity contribution in [2.24, 2.45) is 5.84 Å². The van der Waals surface area contributed by atoms with Gasteiger partial charge >= 0.3 is 0 Å². The van der Waals surface area contributed by atoms with Crippen LogP contribution in [-0.2, 0) is 0 Å².